The lowest BCUT2D eigenvalue weighted by Gasteiger charge is -2.43. The van der Waals surface area contributed by atoms with E-state index in [1.165, 1.54) is 23.5 Å². The number of halogens is 1. The monoisotopic (exact) mass is 534 g/mol. The maximum atomic E-state index is 5.57. The molecule has 29 heavy (non-hydrogen) atoms. The lowest BCUT2D eigenvalue weighted by atomic mass is 9.95. The summed E-state index contributed by atoms with van der Waals surface area (Å²) < 4.78 is 11.1. The van der Waals surface area contributed by atoms with Gasteiger partial charge in [-0.2, -0.15) is 11.8 Å². The van der Waals surface area contributed by atoms with Crippen molar-refractivity contribution in [2.75, 3.05) is 65.1 Å². The highest BCUT2D eigenvalue weighted by molar-refractivity contribution is 14.0. The summed E-state index contributed by atoms with van der Waals surface area (Å²) in [6.07, 6.45) is 1.23. The summed E-state index contributed by atoms with van der Waals surface area (Å²) in [4.78, 5) is 9.34. The maximum absolute atomic E-state index is 5.57. The van der Waals surface area contributed by atoms with Gasteiger partial charge in [0, 0.05) is 51.6 Å². The summed E-state index contributed by atoms with van der Waals surface area (Å²) in [7, 11) is 3.96. The third-order valence-corrected chi connectivity index (χ3v) is 6.80. The van der Waals surface area contributed by atoms with Crippen molar-refractivity contribution in [3.63, 3.8) is 0 Å². The fourth-order valence-electron chi connectivity index (χ4n) is 3.97. The molecule has 1 aromatic carbocycles. The number of nitrogens with zero attached hydrogens (tertiary/aromatic N) is 3. The van der Waals surface area contributed by atoms with Crippen molar-refractivity contribution in [1.29, 1.82) is 0 Å². The van der Waals surface area contributed by atoms with Crippen molar-refractivity contribution < 1.29 is 9.47 Å². The zero-order chi connectivity index (χ0) is 19.8. The molecule has 0 aromatic heterocycles. The van der Waals surface area contributed by atoms with Crippen LogP contribution < -0.4 is 10.1 Å². The standard InChI is InChI=1S/C21H34N4O2S.HI/c1-4-27-19-7-5-18(6-8-19)15-24(3)20(22-2)23-16-21(9-14-28-17-21)25-10-12-26-13-11-25;/h5-8H,4,9-17H2,1-3H3,(H,22,23);1H. The number of guanidine groups is 1. The van der Waals surface area contributed by atoms with E-state index in [1.54, 1.807) is 0 Å². The molecule has 0 spiro atoms. The van der Waals surface area contributed by atoms with Crippen molar-refractivity contribution in [2.45, 2.75) is 25.4 Å². The highest BCUT2D eigenvalue weighted by Crippen LogP contribution is 2.33. The molecule has 0 amide bonds. The molecule has 1 aromatic rings. The van der Waals surface area contributed by atoms with Crippen molar-refractivity contribution in [1.82, 2.24) is 15.1 Å². The van der Waals surface area contributed by atoms with Gasteiger partial charge in [0.05, 0.1) is 19.8 Å². The predicted octanol–water partition coefficient (Wildman–Crippen LogP) is 2.92. The molecule has 8 heteroatoms. The van der Waals surface area contributed by atoms with Gasteiger partial charge in [-0.05, 0) is 36.8 Å². The molecule has 1 atom stereocenters. The van der Waals surface area contributed by atoms with E-state index in [0.29, 0.717) is 6.61 Å². The Bertz CT molecular complexity index is 632. The summed E-state index contributed by atoms with van der Waals surface area (Å²) in [5, 5.41) is 3.66. The van der Waals surface area contributed by atoms with Crippen LogP contribution in [0.4, 0.5) is 0 Å². The third-order valence-electron chi connectivity index (χ3n) is 5.57. The molecule has 3 rings (SSSR count). The molecule has 0 saturated carbocycles. The molecule has 2 fully saturated rings. The summed E-state index contributed by atoms with van der Waals surface area (Å²) in [5.41, 5.74) is 1.46. The van der Waals surface area contributed by atoms with Gasteiger partial charge in [0.15, 0.2) is 5.96 Å². The van der Waals surface area contributed by atoms with Crippen LogP contribution in [0.3, 0.4) is 0 Å². The molecule has 6 nitrogen and oxygen atoms in total. The van der Waals surface area contributed by atoms with E-state index in [4.69, 9.17) is 9.47 Å². The number of ether oxygens (including phenoxy) is 2. The van der Waals surface area contributed by atoms with Crippen molar-refractivity contribution in [3.8, 4) is 5.75 Å². The van der Waals surface area contributed by atoms with Gasteiger partial charge < -0.3 is 19.7 Å². The van der Waals surface area contributed by atoms with E-state index in [2.05, 4.69) is 51.1 Å². The number of aliphatic imine (C=N–C) groups is 1. The van der Waals surface area contributed by atoms with E-state index < -0.39 is 0 Å². The van der Waals surface area contributed by atoms with Gasteiger partial charge >= 0.3 is 0 Å². The van der Waals surface area contributed by atoms with Crippen LogP contribution in [0.15, 0.2) is 29.3 Å². The van der Waals surface area contributed by atoms with Crippen LogP contribution in [-0.2, 0) is 11.3 Å². The van der Waals surface area contributed by atoms with Crippen LogP contribution in [0, 0.1) is 0 Å². The molecule has 164 valence electrons. The second-order valence-electron chi connectivity index (χ2n) is 7.46. The van der Waals surface area contributed by atoms with E-state index in [9.17, 15) is 0 Å². The van der Waals surface area contributed by atoms with Gasteiger partial charge in [-0.25, -0.2) is 0 Å². The number of thioether (sulfide) groups is 1. The summed E-state index contributed by atoms with van der Waals surface area (Å²) in [5.74, 6) is 4.28. The molecule has 1 unspecified atom stereocenters. The molecule has 1 N–H and O–H groups in total. The molecule has 2 saturated heterocycles. The largest absolute Gasteiger partial charge is 0.494 e. The van der Waals surface area contributed by atoms with Gasteiger partial charge in [0.25, 0.3) is 0 Å². The molecule has 0 aliphatic carbocycles. The maximum Gasteiger partial charge on any atom is 0.193 e. The molecule has 2 aliphatic heterocycles. The Morgan fingerprint density at radius 2 is 2.03 bits per heavy atom. The number of hydrogen-bond donors (Lipinski definition) is 1. The first-order valence-corrected chi connectivity index (χ1v) is 11.4. The topological polar surface area (TPSA) is 49.3 Å². The SMILES string of the molecule is CCOc1ccc(CN(C)C(=NC)NCC2(N3CCOCC3)CCSC2)cc1.I. The zero-order valence-electron chi connectivity index (χ0n) is 17.9. The number of benzene rings is 1. The predicted molar refractivity (Wildman–Crippen MR) is 133 cm³/mol. The molecular weight excluding hydrogens is 499 g/mol. The Labute approximate surface area is 196 Å². The van der Waals surface area contributed by atoms with Crippen LogP contribution >= 0.6 is 35.7 Å². The van der Waals surface area contributed by atoms with E-state index in [0.717, 1.165) is 51.1 Å². The quantitative estimate of drug-likeness (QED) is 0.330. The normalized spacial score (nSPS) is 22.8. The molecule has 2 heterocycles. The van der Waals surface area contributed by atoms with Crippen LogP contribution in [0.1, 0.15) is 18.9 Å². The fourth-order valence-corrected chi connectivity index (χ4v) is 5.45. The van der Waals surface area contributed by atoms with Crippen molar-refractivity contribution in [2.24, 2.45) is 4.99 Å². The fraction of sp³-hybridized carbons (Fsp3) is 0.667. The second kappa shape index (κ2) is 12.2. The van der Waals surface area contributed by atoms with Gasteiger partial charge in [0.1, 0.15) is 5.75 Å². The number of hydrogen-bond acceptors (Lipinski definition) is 5. The summed E-state index contributed by atoms with van der Waals surface area (Å²) >= 11 is 2.06. The summed E-state index contributed by atoms with van der Waals surface area (Å²) in [6, 6.07) is 8.31. The average molecular weight is 535 g/mol. The minimum Gasteiger partial charge on any atom is -0.494 e. The van der Waals surface area contributed by atoms with Crippen LogP contribution in [0.5, 0.6) is 5.75 Å². The Morgan fingerprint density at radius 1 is 1.31 bits per heavy atom. The van der Waals surface area contributed by atoms with Crippen molar-refractivity contribution in [3.05, 3.63) is 29.8 Å². The third kappa shape index (κ3) is 6.63. The molecule has 0 radical (unpaired) electrons. The lowest BCUT2D eigenvalue weighted by molar-refractivity contribution is -0.0121. The zero-order valence-corrected chi connectivity index (χ0v) is 21.0. The Morgan fingerprint density at radius 3 is 2.62 bits per heavy atom. The smallest absolute Gasteiger partial charge is 0.193 e. The van der Waals surface area contributed by atoms with Gasteiger partial charge in [-0.3, -0.25) is 9.89 Å². The van der Waals surface area contributed by atoms with E-state index in [1.807, 2.05) is 26.1 Å². The molecular formula is C21H35IN4O2S. The first-order valence-electron chi connectivity index (χ1n) is 10.2. The first-order chi connectivity index (χ1) is 13.7. The highest BCUT2D eigenvalue weighted by atomic mass is 127. The summed E-state index contributed by atoms with van der Waals surface area (Å²) in [6.45, 7) is 8.19. The highest BCUT2D eigenvalue weighted by Gasteiger charge is 2.40. The minimum absolute atomic E-state index is 0. The van der Waals surface area contributed by atoms with E-state index in [-0.39, 0.29) is 29.5 Å². The number of rotatable bonds is 7. The Kier molecular flexibility index (Phi) is 10.3. The van der Waals surface area contributed by atoms with Gasteiger partial charge in [-0.15, -0.1) is 24.0 Å². The minimum atomic E-state index is 0. The van der Waals surface area contributed by atoms with Crippen LogP contribution in [-0.4, -0.2) is 86.4 Å². The van der Waals surface area contributed by atoms with Crippen LogP contribution in [0.2, 0.25) is 0 Å². The Hall–Kier alpha value is -0.710. The second-order valence-corrected chi connectivity index (χ2v) is 8.57. The molecule has 0 bridgehead atoms. The van der Waals surface area contributed by atoms with E-state index >= 15 is 0 Å². The first kappa shape index (κ1) is 24.6. The lowest BCUT2D eigenvalue weighted by Crippen LogP contribution is -2.60. The number of nitrogens with one attached hydrogen (secondary N) is 1. The van der Waals surface area contributed by atoms with Crippen LogP contribution in [0.25, 0.3) is 0 Å². The number of morpholine rings is 1. The molecule has 2 aliphatic rings. The van der Waals surface area contributed by atoms with Gasteiger partial charge in [-0.1, -0.05) is 12.1 Å². The Balaban J connectivity index is 0.00000300. The van der Waals surface area contributed by atoms with Crippen molar-refractivity contribution >= 4 is 41.7 Å². The average Bonchev–Trinajstić information content (AvgIpc) is 3.21. The van der Waals surface area contributed by atoms with Gasteiger partial charge in [0.2, 0.25) is 0 Å².